The average molecular weight is 265 g/mol. The van der Waals surface area contributed by atoms with Crippen molar-refractivity contribution in [1.29, 1.82) is 0 Å². The van der Waals surface area contributed by atoms with Gasteiger partial charge in [-0.15, -0.1) is 0 Å². The van der Waals surface area contributed by atoms with E-state index < -0.39 is 0 Å². The summed E-state index contributed by atoms with van der Waals surface area (Å²) in [6.07, 6.45) is 6.56. The molecule has 0 aromatic rings. The number of carbonyl (C=O) groups is 1. The first kappa shape index (κ1) is 13.4. The van der Waals surface area contributed by atoms with E-state index >= 15 is 0 Å². The Morgan fingerprint density at radius 3 is 2.79 bits per heavy atom. The summed E-state index contributed by atoms with van der Waals surface area (Å²) in [5.74, 6) is 1.88. The highest BCUT2D eigenvalue weighted by molar-refractivity contribution is 5.78. The summed E-state index contributed by atoms with van der Waals surface area (Å²) in [7, 11) is 3.94. The van der Waals surface area contributed by atoms with Crippen molar-refractivity contribution in [3.8, 4) is 0 Å². The average Bonchev–Trinajstić information content (AvgIpc) is 2.65. The summed E-state index contributed by atoms with van der Waals surface area (Å²) in [4.78, 5) is 16.3. The van der Waals surface area contributed by atoms with Crippen molar-refractivity contribution < 1.29 is 4.79 Å². The Morgan fingerprint density at radius 2 is 2.16 bits per heavy atom. The van der Waals surface area contributed by atoms with Gasteiger partial charge < -0.3 is 15.1 Å². The minimum absolute atomic E-state index is 0.306. The zero-order valence-electron chi connectivity index (χ0n) is 12.3. The Morgan fingerprint density at radius 1 is 1.32 bits per heavy atom. The van der Waals surface area contributed by atoms with Gasteiger partial charge in [-0.1, -0.05) is 0 Å². The molecule has 1 aliphatic carbocycles. The number of fused-ring (bicyclic) bond motifs is 1. The number of hydrogen-bond donors (Lipinski definition) is 1. The van der Waals surface area contributed by atoms with E-state index in [4.69, 9.17) is 0 Å². The lowest BCUT2D eigenvalue weighted by Gasteiger charge is -2.53. The van der Waals surface area contributed by atoms with Crippen molar-refractivity contribution in [3.63, 3.8) is 0 Å². The second-order valence-corrected chi connectivity index (χ2v) is 6.91. The second kappa shape index (κ2) is 5.06. The van der Waals surface area contributed by atoms with Crippen molar-refractivity contribution in [2.75, 3.05) is 40.3 Å². The Balaban J connectivity index is 1.63. The van der Waals surface area contributed by atoms with Crippen molar-refractivity contribution in [3.05, 3.63) is 0 Å². The molecular weight excluding hydrogens is 238 g/mol. The molecule has 2 heterocycles. The Labute approximate surface area is 116 Å². The summed E-state index contributed by atoms with van der Waals surface area (Å²) in [6.45, 7) is 3.68. The SMILES string of the molecule is CN(C)CC(=O)N1CCCC(C23CCC2CCN3)C1. The van der Waals surface area contributed by atoms with Gasteiger partial charge in [0.1, 0.15) is 0 Å². The molecule has 3 rings (SSSR count). The highest BCUT2D eigenvalue weighted by atomic mass is 16.2. The predicted octanol–water partition coefficient (Wildman–Crippen LogP) is 0.929. The summed E-state index contributed by atoms with van der Waals surface area (Å²) in [6, 6.07) is 0. The van der Waals surface area contributed by atoms with Gasteiger partial charge in [0.05, 0.1) is 6.54 Å². The fourth-order valence-electron chi connectivity index (χ4n) is 4.45. The Hall–Kier alpha value is -0.610. The van der Waals surface area contributed by atoms with Crippen LogP contribution < -0.4 is 5.32 Å². The Kier molecular flexibility index (Phi) is 3.56. The van der Waals surface area contributed by atoms with Crippen LogP contribution in [-0.4, -0.2) is 61.5 Å². The van der Waals surface area contributed by atoms with Crippen LogP contribution in [0, 0.1) is 11.8 Å². The van der Waals surface area contributed by atoms with Crippen molar-refractivity contribution >= 4 is 5.91 Å². The molecule has 19 heavy (non-hydrogen) atoms. The van der Waals surface area contributed by atoms with Crippen LogP contribution in [0.1, 0.15) is 32.1 Å². The van der Waals surface area contributed by atoms with Gasteiger partial charge in [0.25, 0.3) is 0 Å². The summed E-state index contributed by atoms with van der Waals surface area (Å²) < 4.78 is 0. The van der Waals surface area contributed by atoms with Gasteiger partial charge in [0.2, 0.25) is 5.91 Å². The number of nitrogens with one attached hydrogen (secondary N) is 1. The molecule has 0 spiro atoms. The first-order valence-electron chi connectivity index (χ1n) is 7.79. The molecule has 1 saturated carbocycles. The van der Waals surface area contributed by atoms with Crippen molar-refractivity contribution in [2.24, 2.45) is 11.8 Å². The van der Waals surface area contributed by atoms with Gasteiger partial charge in [-0.2, -0.15) is 0 Å². The number of likely N-dealkylation sites (N-methyl/N-ethyl adjacent to an activating group) is 1. The maximum atomic E-state index is 12.2. The maximum Gasteiger partial charge on any atom is 0.236 e. The number of likely N-dealkylation sites (tertiary alicyclic amines) is 1. The van der Waals surface area contributed by atoms with Gasteiger partial charge >= 0.3 is 0 Å². The minimum Gasteiger partial charge on any atom is -0.341 e. The van der Waals surface area contributed by atoms with Gasteiger partial charge in [0, 0.05) is 18.6 Å². The lowest BCUT2D eigenvalue weighted by atomic mass is 9.59. The molecule has 0 aromatic heterocycles. The van der Waals surface area contributed by atoms with Gasteiger partial charge in [0.15, 0.2) is 0 Å². The first-order valence-corrected chi connectivity index (χ1v) is 7.79. The number of rotatable bonds is 3. The third-order valence-electron chi connectivity index (χ3n) is 5.54. The normalized spacial score (nSPS) is 38.2. The molecule has 2 saturated heterocycles. The predicted molar refractivity (Wildman–Crippen MR) is 75.9 cm³/mol. The summed E-state index contributed by atoms with van der Waals surface area (Å²) in [5.41, 5.74) is 0.400. The van der Waals surface area contributed by atoms with Gasteiger partial charge in [-0.05, 0) is 64.6 Å². The zero-order chi connectivity index (χ0) is 13.5. The standard InChI is InChI=1S/C15H27N3O/c1-17(2)11-14(19)18-9-3-4-13(10-18)15-7-5-12(15)6-8-16-15/h12-13,16H,3-11H2,1-2H3. The molecule has 3 unspecified atom stereocenters. The molecule has 0 radical (unpaired) electrons. The largest absolute Gasteiger partial charge is 0.341 e. The quantitative estimate of drug-likeness (QED) is 0.824. The van der Waals surface area contributed by atoms with E-state index in [-0.39, 0.29) is 0 Å². The smallest absolute Gasteiger partial charge is 0.236 e. The lowest BCUT2D eigenvalue weighted by molar-refractivity contribution is -0.135. The second-order valence-electron chi connectivity index (χ2n) is 6.91. The molecule has 1 amide bonds. The van der Waals surface area contributed by atoms with Crippen LogP contribution in [0.2, 0.25) is 0 Å². The topological polar surface area (TPSA) is 35.6 Å². The highest BCUT2D eigenvalue weighted by Gasteiger charge is 2.54. The van der Waals surface area contributed by atoms with E-state index in [0.29, 0.717) is 23.9 Å². The van der Waals surface area contributed by atoms with Crippen LogP contribution in [0.4, 0.5) is 0 Å². The molecule has 0 bridgehead atoms. The number of amides is 1. The summed E-state index contributed by atoms with van der Waals surface area (Å²) in [5, 5.41) is 3.79. The third kappa shape index (κ3) is 2.29. The number of nitrogens with zero attached hydrogens (tertiary/aromatic N) is 2. The molecule has 1 N–H and O–H groups in total. The molecule has 3 atom stereocenters. The van der Waals surface area contributed by atoms with Crippen LogP contribution in [0.3, 0.4) is 0 Å². The van der Waals surface area contributed by atoms with E-state index in [1.165, 1.54) is 38.6 Å². The number of hydrogen-bond acceptors (Lipinski definition) is 3. The van der Waals surface area contributed by atoms with Gasteiger partial charge in [-0.25, -0.2) is 0 Å². The maximum absolute atomic E-state index is 12.2. The fraction of sp³-hybridized carbons (Fsp3) is 0.933. The molecule has 4 heteroatoms. The highest BCUT2D eigenvalue weighted by Crippen LogP contribution is 2.51. The zero-order valence-corrected chi connectivity index (χ0v) is 12.3. The van der Waals surface area contributed by atoms with Crippen LogP contribution in [0.25, 0.3) is 0 Å². The van der Waals surface area contributed by atoms with E-state index in [9.17, 15) is 4.79 Å². The molecule has 2 aliphatic heterocycles. The van der Waals surface area contributed by atoms with Crippen LogP contribution >= 0.6 is 0 Å². The van der Waals surface area contributed by atoms with Gasteiger partial charge in [-0.3, -0.25) is 4.79 Å². The molecule has 0 aromatic carbocycles. The summed E-state index contributed by atoms with van der Waals surface area (Å²) >= 11 is 0. The molecule has 108 valence electrons. The number of piperidine rings is 1. The molecular formula is C15H27N3O. The Bertz CT molecular complexity index is 357. The molecule has 3 aliphatic rings. The van der Waals surface area contributed by atoms with E-state index in [2.05, 4.69) is 10.2 Å². The number of carbonyl (C=O) groups excluding carboxylic acids is 1. The molecule has 3 fully saturated rings. The molecule has 4 nitrogen and oxygen atoms in total. The van der Waals surface area contributed by atoms with Crippen molar-refractivity contribution in [2.45, 2.75) is 37.6 Å². The monoisotopic (exact) mass is 265 g/mol. The third-order valence-corrected chi connectivity index (χ3v) is 5.54. The van der Waals surface area contributed by atoms with Crippen LogP contribution in [-0.2, 0) is 4.79 Å². The first-order chi connectivity index (χ1) is 9.12. The van der Waals surface area contributed by atoms with Crippen molar-refractivity contribution in [1.82, 2.24) is 15.1 Å². The van der Waals surface area contributed by atoms with E-state index in [1.54, 1.807) is 0 Å². The lowest BCUT2D eigenvalue weighted by Crippen LogP contribution is -2.62. The van der Waals surface area contributed by atoms with Crippen LogP contribution in [0.5, 0.6) is 0 Å². The van der Waals surface area contributed by atoms with E-state index in [1.807, 2.05) is 19.0 Å². The van der Waals surface area contributed by atoms with Crippen LogP contribution in [0.15, 0.2) is 0 Å². The van der Waals surface area contributed by atoms with E-state index in [0.717, 1.165) is 19.0 Å². The minimum atomic E-state index is 0.306. The fourth-order valence-corrected chi connectivity index (χ4v) is 4.45.